The number of aliphatic hydroxyl groups excluding tert-OH is 1. The zero-order chi connectivity index (χ0) is 20.8. The predicted molar refractivity (Wildman–Crippen MR) is 115 cm³/mol. The number of carbonyl (C=O) groups is 1. The highest BCUT2D eigenvalue weighted by Gasteiger charge is 2.42. The highest BCUT2D eigenvalue weighted by atomic mass is 16.6. The fourth-order valence-corrected chi connectivity index (χ4v) is 3.11. The Morgan fingerprint density at radius 3 is 2.39 bits per heavy atom. The Bertz CT molecular complexity index is 519. The van der Waals surface area contributed by atoms with Gasteiger partial charge in [-0.1, -0.05) is 69.1 Å². The zero-order valence-corrected chi connectivity index (χ0v) is 18.0. The summed E-state index contributed by atoms with van der Waals surface area (Å²) in [6, 6.07) is 0. The first-order valence-corrected chi connectivity index (χ1v) is 10.9. The van der Waals surface area contributed by atoms with Gasteiger partial charge in [0.05, 0.1) is 11.5 Å². The molecule has 0 bridgehead atoms. The molecule has 0 spiro atoms. The van der Waals surface area contributed by atoms with Crippen LogP contribution in [0.5, 0.6) is 0 Å². The molecule has 0 aliphatic carbocycles. The Morgan fingerprint density at radius 2 is 1.71 bits per heavy atom. The van der Waals surface area contributed by atoms with Crippen LogP contribution in [0.15, 0.2) is 36.5 Å². The lowest BCUT2D eigenvalue weighted by molar-refractivity contribution is -0.147. The van der Waals surface area contributed by atoms with Crippen molar-refractivity contribution in [3.05, 3.63) is 36.5 Å². The predicted octanol–water partition coefficient (Wildman–Crippen LogP) is 5.82. The number of aliphatic hydroxyl groups is 1. The topological polar surface area (TPSA) is 70.1 Å². The number of epoxide rings is 1. The van der Waals surface area contributed by atoms with Crippen molar-refractivity contribution in [1.82, 2.24) is 0 Å². The number of unbranched alkanes of at least 4 members (excludes halogenated alkanes) is 4. The average Bonchev–Trinajstić information content (AvgIpc) is 3.43. The molecule has 1 aliphatic rings. The molecular weight excluding hydrogens is 352 g/mol. The molecule has 1 fully saturated rings. The summed E-state index contributed by atoms with van der Waals surface area (Å²) in [5.74, 6) is -0.745. The van der Waals surface area contributed by atoms with Crippen LogP contribution in [0.2, 0.25) is 0 Å². The van der Waals surface area contributed by atoms with Gasteiger partial charge in [0, 0.05) is 0 Å². The van der Waals surface area contributed by atoms with Gasteiger partial charge in [-0.2, -0.15) is 0 Å². The summed E-state index contributed by atoms with van der Waals surface area (Å²) in [7, 11) is 0. The van der Waals surface area contributed by atoms with Crippen LogP contribution in [0.25, 0.3) is 0 Å². The van der Waals surface area contributed by atoms with E-state index >= 15 is 0 Å². The van der Waals surface area contributed by atoms with Crippen molar-refractivity contribution in [2.24, 2.45) is 5.41 Å². The van der Waals surface area contributed by atoms with Crippen molar-refractivity contribution in [1.29, 1.82) is 0 Å². The highest BCUT2D eigenvalue weighted by molar-refractivity contribution is 5.73. The molecule has 0 aromatic carbocycles. The molecule has 1 saturated heterocycles. The van der Waals surface area contributed by atoms with Crippen molar-refractivity contribution in [2.75, 3.05) is 0 Å². The third-order valence-corrected chi connectivity index (χ3v) is 5.26. The quantitative estimate of drug-likeness (QED) is 0.197. The van der Waals surface area contributed by atoms with Gasteiger partial charge < -0.3 is 14.9 Å². The first kappa shape index (κ1) is 24.6. The van der Waals surface area contributed by atoms with Gasteiger partial charge in [-0.25, -0.2) is 0 Å². The number of carboxylic acids is 1. The van der Waals surface area contributed by atoms with Crippen molar-refractivity contribution in [3.63, 3.8) is 0 Å². The van der Waals surface area contributed by atoms with E-state index in [9.17, 15) is 9.90 Å². The van der Waals surface area contributed by atoms with E-state index in [2.05, 4.69) is 31.2 Å². The fraction of sp³-hybridized carbons (Fsp3) is 0.708. The lowest BCUT2D eigenvalue weighted by atomic mass is 9.87. The van der Waals surface area contributed by atoms with Crippen LogP contribution in [-0.2, 0) is 9.53 Å². The second-order valence-electron chi connectivity index (χ2n) is 8.40. The number of carboxylic acid groups (broad SMARTS) is 1. The van der Waals surface area contributed by atoms with Crippen molar-refractivity contribution in [2.45, 2.75) is 103 Å². The minimum Gasteiger partial charge on any atom is -0.481 e. The van der Waals surface area contributed by atoms with Crippen molar-refractivity contribution in [3.8, 4) is 0 Å². The standard InChI is InChI=1S/C24H40O4/c1-4-5-6-7-8-9-10-11-12-13-14-17-20(25)22-21(28-22)18-15-16-19-24(2,3)23(26)27/h8-9,11-12,14,17,20-22,25H,4-7,10,13,15-16,18-19H2,1-3H3,(H,26,27)/b9-8-,12-11-,17-14-. The zero-order valence-electron chi connectivity index (χ0n) is 18.0. The summed E-state index contributed by atoms with van der Waals surface area (Å²) >= 11 is 0. The number of aliphatic carboxylic acids is 1. The summed E-state index contributed by atoms with van der Waals surface area (Å²) in [6.07, 6.45) is 22.2. The molecule has 160 valence electrons. The smallest absolute Gasteiger partial charge is 0.309 e. The Kier molecular flexibility index (Phi) is 12.1. The molecule has 3 atom stereocenters. The number of hydrogen-bond acceptors (Lipinski definition) is 3. The van der Waals surface area contributed by atoms with Crippen LogP contribution in [0.4, 0.5) is 0 Å². The van der Waals surface area contributed by atoms with E-state index in [0.717, 1.165) is 32.1 Å². The molecule has 28 heavy (non-hydrogen) atoms. The maximum atomic E-state index is 11.1. The second-order valence-corrected chi connectivity index (χ2v) is 8.40. The molecule has 2 N–H and O–H groups in total. The van der Waals surface area contributed by atoms with E-state index in [1.54, 1.807) is 13.8 Å². The third-order valence-electron chi connectivity index (χ3n) is 5.26. The minimum atomic E-state index is -0.745. The van der Waals surface area contributed by atoms with E-state index in [4.69, 9.17) is 9.84 Å². The summed E-state index contributed by atoms with van der Waals surface area (Å²) in [5, 5.41) is 19.2. The van der Waals surface area contributed by atoms with Gasteiger partial charge in [0.15, 0.2) is 0 Å². The van der Waals surface area contributed by atoms with Crippen LogP contribution in [0, 0.1) is 5.41 Å². The average molecular weight is 393 g/mol. The third kappa shape index (κ3) is 10.8. The van der Waals surface area contributed by atoms with E-state index < -0.39 is 17.5 Å². The van der Waals surface area contributed by atoms with Crippen LogP contribution in [-0.4, -0.2) is 34.5 Å². The SMILES string of the molecule is CCCCC/C=C\C/C=C\C/C=C\C(O)C1OC1CCCCC(C)(C)C(=O)O. The molecule has 4 nitrogen and oxygen atoms in total. The number of ether oxygens (including phenoxy) is 1. The van der Waals surface area contributed by atoms with Gasteiger partial charge in [-0.05, 0) is 52.4 Å². The molecular formula is C24H40O4. The van der Waals surface area contributed by atoms with E-state index in [-0.39, 0.29) is 12.2 Å². The first-order valence-electron chi connectivity index (χ1n) is 10.9. The summed E-state index contributed by atoms with van der Waals surface area (Å²) in [4.78, 5) is 11.1. The molecule has 0 radical (unpaired) electrons. The molecule has 1 rings (SSSR count). The van der Waals surface area contributed by atoms with Crippen LogP contribution >= 0.6 is 0 Å². The van der Waals surface area contributed by atoms with Gasteiger partial charge in [0.1, 0.15) is 12.2 Å². The lowest BCUT2D eigenvalue weighted by Gasteiger charge is -2.18. The minimum absolute atomic E-state index is 0.0984. The van der Waals surface area contributed by atoms with Gasteiger partial charge in [-0.3, -0.25) is 4.79 Å². The van der Waals surface area contributed by atoms with E-state index in [0.29, 0.717) is 6.42 Å². The number of rotatable bonds is 16. The second kappa shape index (κ2) is 13.7. The molecule has 0 saturated carbocycles. The summed E-state index contributed by atoms with van der Waals surface area (Å²) in [6.45, 7) is 5.75. The van der Waals surface area contributed by atoms with Crippen molar-refractivity contribution < 1.29 is 19.7 Å². The Labute approximate surface area is 171 Å². The summed E-state index contributed by atoms with van der Waals surface area (Å²) < 4.78 is 5.56. The van der Waals surface area contributed by atoms with Gasteiger partial charge >= 0.3 is 5.97 Å². The lowest BCUT2D eigenvalue weighted by Crippen LogP contribution is -2.23. The molecule has 0 amide bonds. The normalized spacial score (nSPS) is 21.1. The van der Waals surface area contributed by atoms with Gasteiger partial charge in [0.2, 0.25) is 0 Å². The van der Waals surface area contributed by atoms with E-state index in [1.807, 2.05) is 12.2 Å². The Morgan fingerprint density at radius 1 is 1.04 bits per heavy atom. The monoisotopic (exact) mass is 392 g/mol. The number of allylic oxidation sites excluding steroid dienone is 5. The highest BCUT2D eigenvalue weighted by Crippen LogP contribution is 2.32. The molecule has 1 aliphatic heterocycles. The Hall–Kier alpha value is -1.39. The van der Waals surface area contributed by atoms with Gasteiger partial charge in [-0.15, -0.1) is 0 Å². The largest absolute Gasteiger partial charge is 0.481 e. The maximum Gasteiger partial charge on any atom is 0.309 e. The maximum absolute atomic E-state index is 11.1. The molecule has 0 aromatic heterocycles. The Balaban J connectivity index is 2.06. The summed E-state index contributed by atoms with van der Waals surface area (Å²) in [5.41, 5.74) is -0.662. The molecule has 3 unspecified atom stereocenters. The van der Waals surface area contributed by atoms with Crippen LogP contribution in [0.3, 0.4) is 0 Å². The molecule has 0 aromatic rings. The molecule has 4 heteroatoms. The van der Waals surface area contributed by atoms with E-state index in [1.165, 1.54) is 25.7 Å². The number of hydrogen-bond donors (Lipinski definition) is 2. The van der Waals surface area contributed by atoms with Crippen LogP contribution in [0.1, 0.15) is 85.0 Å². The fourth-order valence-electron chi connectivity index (χ4n) is 3.11. The van der Waals surface area contributed by atoms with Gasteiger partial charge in [0.25, 0.3) is 0 Å². The van der Waals surface area contributed by atoms with Crippen LogP contribution < -0.4 is 0 Å². The van der Waals surface area contributed by atoms with Crippen molar-refractivity contribution >= 4 is 5.97 Å². The first-order chi connectivity index (χ1) is 13.4. The molecule has 1 heterocycles.